The van der Waals surface area contributed by atoms with Crippen molar-refractivity contribution in [3.05, 3.63) is 53.1 Å². The van der Waals surface area contributed by atoms with Crippen LogP contribution in [0.4, 0.5) is 0 Å². The highest BCUT2D eigenvalue weighted by Crippen LogP contribution is 2.25. The van der Waals surface area contributed by atoms with E-state index in [1.165, 1.54) is 5.56 Å². The van der Waals surface area contributed by atoms with Gasteiger partial charge in [0.05, 0.1) is 12.0 Å². The van der Waals surface area contributed by atoms with Crippen LogP contribution in [0.15, 0.2) is 46.2 Å². The Kier molecular flexibility index (Phi) is 6.32. The molecule has 2 aromatic rings. The molecule has 0 aromatic heterocycles. The maximum atomic E-state index is 12.5. The third-order valence-electron chi connectivity index (χ3n) is 3.67. The van der Waals surface area contributed by atoms with E-state index in [0.29, 0.717) is 28.5 Å². The highest BCUT2D eigenvalue weighted by atomic mass is 32.2. The van der Waals surface area contributed by atoms with Crippen LogP contribution in [0.2, 0.25) is 0 Å². The summed E-state index contributed by atoms with van der Waals surface area (Å²) in [5, 5.41) is 0. The maximum absolute atomic E-state index is 12.5. The molecular formula is C18H23NO3S2. The minimum Gasteiger partial charge on any atom is -0.496 e. The number of aryl methyl sites for hydroxylation is 3. The molecule has 0 bridgehead atoms. The molecule has 6 heteroatoms. The van der Waals surface area contributed by atoms with Gasteiger partial charge in [-0.3, -0.25) is 0 Å². The van der Waals surface area contributed by atoms with Crippen molar-refractivity contribution in [3.63, 3.8) is 0 Å². The maximum Gasteiger partial charge on any atom is 0.240 e. The van der Waals surface area contributed by atoms with Crippen LogP contribution in [-0.4, -0.2) is 27.8 Å². The molecule has 2 rings (SSSR count). The fraction of sp³-hybridized carbons (Fsp3) is 0.333. The SMILES string of the molecule is COc1cc(C)c(S(=O)(=O)NCCSc2ccc(C)cc2)cc1C. The highest BCUT2D eigenvalue weighted by molar-refractivity contribution is 7.99. The van der Waals surface area contributed by atoms with Gasteiger partial charge in [-0.1, -0.05) is 17.7 Å². The van der Waals surface area contributed by atoms with E-state index in [0.717, 1.165) is 10.5 Å². The molecule has 2 aromatic carbocycles. The standard InChI is InChI=1S/C18H23NO3S2/c1-13-5-7-16(8-6-13)23-10-9-19-24(20,21)18-12-14(2)17(22-4)11-15(18)3/h5-8,11-12,19H,9-10H2,1-4H3. The van der Waals surface area contributed by atoms with E-state index in [9.17, 15) is 8.42 Å². The third-order valence-corrected chi connectivity index (χ3v) is 6.28. The molecule has 24 heavy (non-hydrogen) atoms. The van der Waals surface area contributed by atoms with E-state index < -0.39 is 10.0 Å². The normalized spacial score (nSPS) is 11.5. The van der Waals surface area contributed by atoms with Gasteiger partial charge in [0.1, 0.15) is 5.75 Å². The molecule has 0 aliphatic carbocycles. The molecule has 0 spiro atoms. The second-order valence-electron chi connectivity index (χ2n) is 5.65. The van der Waals surface area contributed by atoms with Gasteiger partial charge in [-0.2, -0.15) is 0 Å². The van der Waals surface area contributed by atoms with Crippen LogP contribution in [-0.2, 0) is 10.0 Å². The van der Waals surface area contributed by atoms with Gasteiger partial charge >= 0.3 is 0 Å². The number of sulfonamides is 1. The summed E-state index contributed by atoms with van der Waals surface area (Å²) in [6.45, 7) is 6.04. The molecule has 0 atom stereocenters. The summed E-state index contributed by atoms with van der Waals surface area (Å²) in [4.78, 5) is 1.44. The van der Waals surface area contributed by atoms with Gasteiger partial charge in [-0.25, -0.2) is 13.1 Å². The van der Waals surface area contributed by atoms with Crippen molar-refractivity contribution < 1.29 is 13.2 Å². The van der Waals surface area contributed by atoms with Gasteiger partial charge in [0.25, 0.3) is 0 Å². The van der Waals surface area contributed by atoms with Crippen LogP contribution in [0.1, 0.15) is 16.7 Å². The molecule has 0 fully saturated rings. The summed E-state index contributed by atoms with van der Waals surface area (Å²) in [6, 6.07) is 11.6. The zero-order valence-corrected chi connectivity index (χ0v) is 16.1. The number of benzene rings is 2. The molecule has 0 saturated carbocycles. The zero-order chi connectivity index (χ0) is 17.7. The first-order valence-corrected chi connectivity index (χ1v) is 10.1. The van der Waals surface area contributed by atoms with E-state index in [1.807, 2.05) is 26.0 Å². The third kappa shape index (κ3) is 4.75. The van der Waals surface area contributed by atoms with Crippen molar-refractivity contribution >= 4 is 21.8 Å². The molecular weight excluding hydrogens is 342 g/mol. The minimum atomic E-state index is -3.52. The van der Waals surface area contributed by atoms with Gasteiger partial charge < -0.3 is 4.74 Å². The summed E-state index contributed by atoms with van der Waals surface area (Å²) < 4.78 is 32.9. The van der Waals surface area contributed by atoms with Crippen molar-refractivity contribution in [2.24, 2.45) is 0 Å². The van der Waals surface area contributed by atoms with Gasteiger partial charge in [-0.15, -0.1) is 11.8 Å². The molecule has 0 aliphatic rings. The van der Waals surface area contributed by atoms with Gasteiger partial charge in [-0.05, 0) is 56.2 Å². The monoisotopic (exact) mass is 365 g/mol. The van der Waals surface area contributed by atoms with Crippen molar-refractivity contribution in [2.45, 2.75) is 30.6 Å². The summed E-state index contributed by atoms with van der Waals surface area (Å²) in [6.07, 6.45) is 0. The average molecular weight is 366 g/mol. The van der Waals surface area contributed by atoms with Crippen LogP contribution < -0.4 is 9.46 Å². The topological polar surface area (TPSA) is 55.4 Å². The first kappa shape index (κ1) is 18.8. The molecule has 0 aliphatic heterocycles. The zero-order valence-electron chi connectivity index (χ0n) is 14.4. The lowest BCUT2D eigenvalue weighted by molar-refractivity contribution is 0.411. The van der Waals surface area contributed by atoms with E-state index in [4.69, 9.17) is 4.74 Å². The first-order valence-electron chi connectivity index (χ1n) is 7.68. The molecule has 0 saturated heterocycles. The number of ether oxygens (including phenoxy) is 1. The Morgan fingerprint density at radius 1 is 1.04 bits per heavy atom. The van der Waals surface area contributed by atoms with Crippen LogP contribution >= 0.6 is 11.8 Å². The van der Waals surface area contributed by atoms with Gasteiger partial charge in [0.2, 0.25) is 10.0 Å². The summed E-state index contributed by atoms with van der Waals surface area (Å²) in [7, 11) is -1.94. The number of thioether (sulfide) groups is 1. The van der Waals surface area contributed by atoms with Crippen molar-refractivity contribution in [2.75, 3.05) is 19.4 Å². The molecule has 0 amide bonds. The molecule has 130 valence electrons. The Bertz CT molecular complexity index is 800. The van der Waals surface area contributed by atoms with Crippen molar-refractivity contribution in [1.29, 1.82) is 0 Å². The quantitative estimate of drug-likeness (QED) is 0.600. The van der Waals surface area contributed by atoms with Crippen molar-refractivity contribution in [3.8, 4) is 5.75 Å². The van der Waals surface area contributed by atoms with Gasteiger partial charge in [0, 0.05) is 17.2 Å². The summed E-state index contributed by atoms with van der Waals surface area (Å²) >= 11 is 1.63. The largest absolute Gasteiger partial charge is 0.496 e. The number of nitrogens with one attached hydrogen (secondary N) is 1. The second kappa shape index (κ2) is 8.05. The van der Waals surface area contributed by atoms with E-state index in [2.05, 4.69) is 16.9 Å². The second-order valence-corrected chi connectivity index (χ2v) is 8.55. The predicted octanol–water partition coefficient (Wildman–Crippen LogP) is 3.69. The van der Waals surface area contributed by atoms with E-state index in [1.54, 1.807) is 37.9 Å². The minimum absolute atomic E-state index is 0.307. The number of methoxy groups -OCH3 is 1. The van der Waals surface area contributed by atoms with Crippen molar-refractivity contribution in [1.82, 2.24) is 4.72 Å². The fourth-order valence-electron chi connectivity index (χ4n) is 2.33. The summed E-state index contributed by atoms with van der Waals surface area (Å²) in [5.74, 6) is 1.37. The molecule has 1 N–H and O–H groups in total. The van der Waals surface area contributed by atoms with Crippen LogP contribution in [0.5, 0.6) is 5.75 Å². The van der Waals surface area contributed by atoms with Gasteiger partial charge in [0.15, 0.2) is 0 Å². The molecule has 0 radical (unpaired) electrons. The lowest BCUT2D eigenvalue weighted by Gasteiger charge is -2.12. The predicted molar refractivity (Wildman–Crippen MR) is 99.6 cm³/mol. The fourth-order valence-corrected chi connectivity index (χ4v) is 4.57. The average Bonchev–Trinajstić information content (AvgIpc) is 2.55. The van der Waals surface area contributed by atoms with Crippen LogP contribution in [0.3, 0.4) is 0 Å². The van der Waals surface area contributed by atoms with Crippen LogP contribution in [0, 0.1) is 20.8 Å². The number of hydrogen-bond acceptors (Lipinski definition) is 4. The number of rotatable bonds is 7. The van der Waals surface area contributed by atoms with E-state index >= 15 is 0 Å². The van der Waals surface area contributed by atoms with Crippen LogP contribution in [0.25, 0.3) is 0 Å². The number of hydrogen-bond donors (Lipinski definition) is 1. The smallest absolute Gasteiger partial charge is 0.240 e. The Balaban J connectivity index is 1.98. The molecule has 0 unspecified atom stereocenters. The lowest BCUT2D eigenvalue weighted by atomic mass is 10.1. The molecule has 0 heterocycles. The van der Waals surface area contributed by atoms with E-state index in [-0.39, 0.29) is 0 Å². The Morgan fingerprint density at radius 3 is 2.33 bits per heavy atom. The molecule has 4 nitrogen and oxygen atoms in total. The Morgan fingerprint density at radius 2 is 1.71 bits per heavy atom. The highest BCUT2D eigenvalue weighted by Gasteiger charge is 2.18. The Labute approximate surface area is 148 Å². The Hall–Kier alpha value is -1.50. The summed E-state index contributed by atoms with van der Waals surface area (Å²) in [5.41, 5.74) is 2.69. The first-order chi connectivity index (χ1) is 11.3. The lowest BCUT2D eigenvalue weighted by Crippen LogP contribution is -2.26.